The van der Waals surface area contributed by atoms with E-state index in [1.807, 2.05) is 4.90 Å². The van der Waals surface area contributed by atoms with E-state index in [1.54, 1.807) is 17.0 Å². The fraction of sp³-hybridized carbons (Fsp3) is 0.222. The number of piperazine rings is 1. The minimum atomic E-state index is -0.626. The summed E-state index contributed by atoms with van der Waals surface area (Å²) in [5.41, 5.74) is 0.224. The van der Waals surface area contributed by atoms with E-state index in [0.717, 1.165) is 0 Å². The number of benzene rings is 2. The molecule has 2 aromatic carbocycles. The van der Waals surface area contributed by atoms with E-state index in [-0.39, 0.29) is 16.4 Å². The third kappa shape index (κ3) is 4.20. The lowest BCUT2D eigenvalue weighted by atomic mass is 10.2. The van der Waals surface area contributed by atoms with Crippen molar-refractivity contribution < 1.29 is 14.1 Å². The summed E-state index contributed by atoms with van der Waals surface area (Å²) in [5, 5.41) is 14.3. The maximum absolute atomic E-state index is 13.7. The highest BCUT2D eigenvalue weighted by atomic mass is 35.5. The van der Waals surface area contributed by atoms with Gasteiger partial charge in [-0.25, -0.2) is 4.39 Å². The van der Waals surface area contributed by atoms with Gasteiger partial charge in [0.2, 0.25) is 0 Å². The molecule has 0 atom stereocenters. The molecule has 28 heavy (non-hydrogen) atoms. The summed E-state index contributed by atoms with van der Waals surface area (Å²) in [6.45, 7) is 1.72. The van der Waals surface area contributed by atoms with Crippen molar-refractivity contribution in [1.82, 2.24) is 10.2 Å². The van der Waals surface area contributed by atoms with Gasteiger partial charge in [-0.05, 0) is 30.4 Å². The van der Waals surface area contributed by atoms with Gasteiger partial charge in [0.25, 0.3) is 11.6 Å². The van der Waals surface area contributed by atoms with Crippen LogP contribution in [-0.2, 0) is 0 Å². The summed E-state index contributed by atoms with van der Waals surface area (Å²) in [6.07, 6.45) is 0. The van der Waals surface area contributed by atoms with Gasteiger partial charge in [-0.1, -0.05) is 29.8 Å². The summed E-state index contributed by atoms with van der Waals surface area (Å²) in [6, 6.07) is 10.2. The van der Waals surface area contributed by atoms with Gasteiger partial charge in [-0.15, -0.1) is 0 Å². The second-order valence-corrected chi connectivity index (χ2v) is 6.87. The number of hydrogen-bond acceptors (Lipinski definition) is 5. The minimum Gasteiger partial charge on any atom is -0.361 e. The highest BCUT2D eigenvalue weighted by molar-refractivity contribution is 7.80. The number of rotatable bonds is 3. The Morgan fingerprint density at radius 2 is 1.82 bits per heavy atom. The molecule has 7 nitrogen and oxygen atoms in total. The number of carbonyl (C=O) groups excluding carboxylic acids is 1. The monoisotopic (exact) mass is 422 g/mol. The van der Waals surface area contributed by atoms with Gasteiger partial charge < -0.3 is 9.80 Å². The second kappa shape index (κ2) is 8.49. The predicted octanol–water partition coefficient (Wildman–Crippen LogP) is 3.22. The van der Waals surface area contributed by atoms with Crippen LogP contribution in [-0.4, -0.2) is 47.0 Å². The van der Waals surface area contributed by atoms with Gasteiger partial charge in [0.15, 0.2) is 5.11 Å². The first-order valence-electron chi connectivity index (χ1n) is 8.41. The first kappa shape index (κ1) is 20.0. The van der Waals surface area contributed by atoms with E-state index in [4.69, 9.17) is 23.8 Å². The van der Waals surface area contributed by atoms with E-state index in [0.29, 0.717) is 36.9 Å². The first-order chi connectivity index (χ1) is 13.4. The fourth-order valence-corrected chi connectivity index (χ4v) is 3.55. The number of hydrogen-bond donors (Lipinski definition) is 1. The number of halogens is 2. The quantitative estimate of drug-likeness (QED) is 0.465. The van der Waals surface area contributed by atoms with E-state index in [2.05, 4.69) is 5.32 Å². The number of thiocarbonyl (C=S) groups is 1. The second-order valence-electron chi connectivity index (χ2n) is 6.08. The molecule has 1 aliphatic heterocycles. The van der Waals surface area contributed by atoms with Gasteiger partial charge in [-0.2, -0.15) is 0 Å². The molecule has 1 amide bonds. The predicted molar refractivity (Wildman–Crippen MR) is 108 cm³/mol. The Bertz CT molecular complexity index is 935. The number of nitro groups is 1. The van der Waals surface area contributed by atoms with Gasteiger partial charge in [0, 0.05) is 32.2 Å². The minimum absolute atomic E-state index is 0.0589. The Morgan fingerprint density at radius 3 is 2.46 bits per heavy atom. The number of nitro benzene ring substituents is 1. The third-order valence-corrected chi connectivity index (χ3v) is 5.05. The molecule has 10 heteroatoms. The molecule has 0 spiro atoms. The summed E-state index contributed by atoms with van der Waals surface area (Å²) in [4.78, 5) is 26.6. The van der Waals surface area contributed by atoms with Crippen LogP contribution in [0.25, 0.3) is 0 Å². The highest BCUT2D eigenvalue weighted by Gasteiger charge is 2.27. The Balaban J connectivity index is 1.65. The average molecular weight is 423 g/mol. The molecule has 2 aromatic rings. The molecule has 146 valence electrons. The molecule has 1 aliphatic rings. The Morgan fingerprint density at radius 1 is 1.14 bits per heavy atom. The van der Waals surface area contributed by atoms with Crippen molar-refractivity contribution in [3.05, 3.63) is 69.0 Å². The first-order valence-corrected chi connectivity index (χ1v) is 9.19. The maximum Gasteiger partial charge on any atom is 0.294 e. The van der Waals surface area contributed by atoms with Crippen LogP contribution in [0, 0.1) is 15.9 Å². The summed E-state index contributed by atoms with van der Waals surface area (Å²) >= 11 is 11.4. The largest absolute Gasteiger partial charge is 0.361 e. The Hall–Kier alpha value is -2.78. The molecule has 0 aliphatic carbocycles. The van der Waals surface area contributed by atoms with Crippen LogP contribution in [0.5, 0.6) is 0 Å². The Kier molecular flexibility index (Phi) is 6.05. The van der Waals surface area contributed by atoms with Crippen molar-refractivity contribution in [2.24, 2.45) is 0 Å². The molecular formula is C18H16ClFN4O3S. The standard InChI is InChI=1S/C18H16ClFN4O3S/c19-13-5-3-7-15(24(26)27)16(13)22-8-10-23(11-9-22)18(28)21-17(25)12-4-1-2-6-14(12)20/h1-7H,8-11H2,(H,21,25,28). The van der Waals surface area contributed by atoms with Crippen LogP contribution in [0.1, 0.15) is 10.4 Å². The zero-order chi connectivity index (χ0) is 20.3. The van der Waals surface area contributed by atoms with E-state index < -0.39 is 16.6 Å². The lowest BCUT2D eigenvalue weighted by molar-refractivity contribution is -0.384. The lowest BCUT2D eigenvalue weighted by Gasteiger charge is -2.37. The van der Waals surface area contributed by atoms with Crippen LogP contribution < -0.4 is 10.2 Å². The molecule has 0 bridgehead atoms. The van der Waals surface area contributed by atoms with Crippen LogP contribution in [0.4, 0.5) is 15.8 Å². The number of nitrogens with one attached hydrogen (secondary N) is 1. The number of amides is 1. The molecular weight excluding hydrogens is 407 g/mol. The van der Waals surface area contributed by atoms with Gasteiger partial charge in [0.05, 0.1) is 15.5 Å². The Labute approximate surface area is 170 Å². The van der Waals surface area contributed by atoms with Gasteiger partial charge in [0.1, 0.15) is 11.5 Å². The number of para-hydroxylation sites is 1. The van der Waals surface area contributed by atoms with Gasteiger partial charge >= 0.3 is 0 Å². The highest BCUT2D eigenvalue weighted by Crippen LogP contribution is 2.35. The normalized spacial score (nSPS) is 13.9. The van der Waals surface area contributed by atoms with E-state index in [9.17, 15) is 19.3 Å². The zero-order valence-corrected chi connectivity index (χ0v) is 16.2. The number of anilines is 1. The molecule has 1 heterocycles. The van der Waals surface area contributed by atoms with Crippen LogP contribution in [0.3, 0.4) is 0 Å². The van der Waals surface area contributed by atoms with Crippen LogP contribution >= 0.6 is 23.8 Å². The molecule has 0 saturated carbocycles. The van der Waals surface area contributed by atoms with Gasteiger partial charge in [-0.3, -0.25) is 20.2 Å². The van der Waals surface area contributed by atoms with Crippen molar-refractivity contribution in [2.75, 3.05) is 31.1 Å². The number of nitrogens with zero attached hydrogens (tertiary/aromatic N) is 3. The molecule has 1 fully saturated rings. The maximum atomic E-state index is 13.7. The summed E-state index contributed by atoms with van der Waals surface area (Å²) < 4.78 is 13.7. The third-order valence-electron chi connectivity index (χ3n) is 4.38. The molecule has 0 unspecified atom stereocenters. The molecule has 0 aromatic heterocycles. The van der Waals surface area contributed by atoms with Crippen LogP contribution in [0.15, 0.2) is 42.5 Å². The topological polar surface area (TPSA) is 78.7 Å². The van der Waals surface area contributed by atoms with E-state index >= 15 is 0 Å². The van der Waals surface area contributed by atoms with Crippen molar-refractivity contribution in [2.45, 2.75) is 0 Å². The van der Waals surface area contributed by atoms with Crippen molar-refractivity contribution >= 4 is 46.2 Å². The average Bonchev–Trinajstić information content (AvgIpc) is 2.68. The van der Waals surface area contributed by atoms with Crippen molar-refractivity contribution in [3.8, 4) is 0 Å². The zero-order valence-electron chi connectivity index (χ0n) is 14.6. The smallest absolute Gasteiger partial charge is 0.294 e. The van der Waals surface area contributed by atoms with Crippen LogP contribution in [0.2, 0.25) is 5.02 Å². The molecule has 1 N–H and O–H groups in total. The fourth-order valence-electron chi connectivity index (χ4n) is 2.99. The van der Waals surface area contributed by atoms with Crippen molar-refractivity contribution in [1.29, 1.82) is 0 Å². The number of carbonyl (C=O) groups is 1. The van der Waals surface area contributed by atoms with Crippen molar-refractivity contribution in [3.63, 3.8) is 0 Å². The lowest BCUT2D eigenvalue weighted by Crippen LogP contribution is -2.53. The molecule has 0 radical (unpaired) electrons. The summed E-state index contributed by atoms with van der Waals surface area (Å²) in [5.74, 6) is -1.24. The molecule has 1 saturated heterocycles. The SMILES string of the molecule is O=C(NC(=S)N1CCN(c2c(Cl)cccc2[N+](=O)[O-])CC1)c1ccccc1F. The summed E-state index contributed by atoms with van der Waals surface area (Å²) in [7, 11) is 0. The van der Waals surface area contributed by atoms with E-state index in [1.165, 1.54) is 30.3 Å². The molecule has 3 rings (SSSR count).